The molecule has 0 saturated heterocycles. The Hall–Kier alpha value is -2.41. The Morgan fingerprint density at radius 2 is 1.96 bits per heavy atom. The SMILES string of the molecule is CCCOc1ccc(C(=O)Oc2ccccc2[N+](=O)[O-])cc1Br. The Kier molecular flexibility index (Phi) is 5.70. The van der Waals surface area contributed by atoms with E-state index in [1.54, 1.807) is 24.3 Å². The predicted molar refractivity (Wildman–Crippen MR) is 88.0 cm³/mol. The quantitative estimate of drug-likeness (QED) is 0.322. The van der Waals surface area contributed by atoms with Crippen molar-refractivity contribution in [2.24, 2.45) is 0 Å². The van der Waals surface area contributed by atoms with Crippen molar-refractivity contribution in [3.8, 4) is 11.5 Å². The number of para-hydroxylation sites is 2. The molecular weight excluding hydrogens is 366 g/mol. The Morgan fingerprint density at radius 3 is 2.61 bits per heavy atom. The number of halogens is 1. The highest BCUT2D eigenvalue weighted by Gasteiger charge is 2.18. The first-order valence-electron chi connectivity index (χ1n) is 6.91. The second-order valence-electron chi connectivity index (χ2n) is 4.61. The van der Waals surface area contributed by atoms with Crippen molar-refractivity contribution in [3.63, 3.8) is 0 Å². The largest absolute Gasteiger partial charge is 0.492 e. The zero-order chi connectivity index (χ0) is 16.8. The monoisotopic (exact) mass is 379 g/mol. The number of ether oxygens (including phenoxy) is 2. The zero-order valence-corrected chi connectivity index (χ0v) is 13.9. The minimum atomic E-state index is -0.679. The summed E-state index contributed by atoms with van der Waals surface area (Å²) in [7, 11) is 0. The topological polar surface area (TPSA) is 78.7 Å². The fourth-order valence-corrected chi connectivity index (χ4v) is 2.30. The summed E-state index contributed by atoms with van der Waals surface area (Å²) in [6.45, 7) is 2.56. The predicted octanol–water partition coefficient (Wildman–Crippen LogP) is 4.37. The highest BCUT2D eigenvalue weighted by atomic mass is 79.9. The third kappa shape index (κ3) is 4.29. The number of rotatable bonds is 6. The molecule has 0 unspecified atom stereocenters. The van der Waals surface area contributed by atoms with Gasteiger partial charge in [0.05, 0.1) is 21.6 Å². The molecule has 0 bridgehead atoms. The molecule has 0 saturated carbocycles. The van der Waals surface area contributed by atoms with Gasteiger partial charge in [-0.3, -0.25) is 10.1 Å². The van der Waals surface area contributed by atoms with Crippen LogP contribution in [0.25, 0.3) is 0 Å². The van der Waals surface area contributed by atoms with Crippen molar-refractivity contribution in [2.45, 2.75) is 13.3 Å². The van der Waals surface area contributed by atoms with E-state index in [1.807, 2.05) is 6.92 Å². The van der Waals surface area contributed by atoms with Gasteiger partial charge in [0.1, 0.15) is 5.75 Å². The number of hydrogen-bond donors (Lipinski definition) is 0. The van der Waals surface area contributed by atoms with E-state index in [4.69, 9.17) is 9.47 Å². The molecule has 7 heteroatoms. The standard InChI is InChI=1S/C16H14BrNO5/c1-2-9-22-14-8-7-11(10-12(14)17)16(19)23-15-6-4-3-5-13(15)18(20)21/h3-8,10H,2,9H2,1H3. The number of carbonyl (C=O) groups excluding carboxylic acids is 1. The Labute approximate surface area is 141 Å². The average Bonchev–Trinajstić information content (AvgIpc) is 2.54. The first kappa shape index (κ1) is 17.0. The molecule has 0 atom stereocenters. The summed E-state index contributed by atoms with van der Waals surface area (Å²) in [5.74, 6) is -0.152. The van der Waals surface area contributed by atoms with Crippen LogP contribution in [-0.2, 0) is 0 Å². The van der Waals surface area contributed by atoms with E-state index < -0.39 is 10.9 Å². The highest BCUT2D eigenvalue weighted by Crippen LogP contribution is 2.29. The van der Waals surface area contributed by atoms with Gasteiger partial charge in [0.2, 0.25) is 5.75 Å². The van der Waals surface area contributed by atoms with Crippen molar-refractivity contribution in [3.05, 3.63) is 62.6 Å². The van der Waals surface area contributed by atoms with Gasteiger partial charge < -0.3 is 9.47 Å². The minimum absolute atomic E-state index is 0.0927. The summed E-state index contributed by atoms with van der Waals surface area (Å²) >= 11 is 3.33. The molecule has 0 aliphatic carbocycles. The van der Waals surface area contributed by atoms with Crippen LogP contribution in [0.4, 0.5) is 5.69 Å². The summed E-state index contributed by atoms with van der Waals surface area (Å²) < 4.78 is 11.2. The van der Waals surface area contributed by atoms with Gasteiger partial charge in [-0.05, 0) is 46.6 Å². The first-order chi connectivity index (χ1) is 11.0. The smallest absolute Gasteiger partial charge is 0.343 e. The molecule has 0 aliphatic heterocycles. The van der Waals surface area contributed by atoms with Gasteiger partial charge in [-0.15, -0.1) is 0 Å². The van der Waals surface area contributed by atoms with Crippen LogP contribution in [0.5, 0.6) is 11.5 Å². The van der Waals surface area contributed by atoms with E-state index in [0.717, 1.165) is 6.42 Å². The van der Waals surface area contributed by atoms with Gasteiger partial charge in [0.25, 0.3) is 0 Å². The molecule has 6 nitrogen and oxygen atoms in total. The van der Waals surface area contributed by atoms with Gasteiger partial charge in [-0.1, -0.05) is 19.1 Å². The molecule has 23 heavy (non-hydrogen) atoms. The van der Waals surface area contributed by atoms with Gasteiger partial charge in [0.15, 0.2) is 0 Å². The van der Waals surface area contributed by atoms with Crippen molar-refractivity contribution >= 4 is 27.6 Å². The van der Waals surface area contributed by atoms with Crippen LogP contribution in [0.1, 0.15) is 23.7 Å². The van der Waals surface area contributed by atoms with E-state index in [-0.39, 0.29) is 17.0 Å². The maximum atomic E-state index is 12.2. The van der Waals surface area contributed by atoms with E-state index in [2.05, 4.69) is 15.9 Å². The van der Waals surface area contributed by atoms with E-state index in [0.29, 0.717) is 16.8 Å². The maximum absolute atomic E-state index is 12.2. The summed E-state index contributed by atoms with van der Waals surface area (Å²) in [6.07, 6.45) is 0.869. The van der Waals surface area contributed by atoms with Crippen molar-refractivity contribution < 1.29 is 19.2 Å². The summed E-state index contributed by atoms with van der Waals surface area (Å²) in [6, 6.07) is 10.5. The number of esters is 1. The zero-order valence-electron chi connectivity index (χ0n) is 12.3. The highest BCUT2D eigenvalue weighted by molar-refractivity contribution is 9.10. The third-order valence-electron chi connectivity index (χ3n) is 2.89. The summed E-state index contributed by atoms with van der Waals surface area (Å²) in [5, 5.41) is 10.9. The molecule has 120 valence electrons. The fourth-order valence-electron chi connectivity index (χ4n) is 1.81. The number of hydrogen-bond acceptors (Lipinski definition) is 5. The van der Waals surface area contributed by atoms with Gasteiger partial charge in [-0.2, -0.15) is 0 Å². The minimum Gasteiger partial charge on any atom is -0.492 e. The van der Waals surface area contributed by atoms with Gasteiger partial charge in [-0.25, -0.2) is 4.79 Å². The summed E-state index contributed by atoms with van der Waals surface area (Å²) in [5.41, 5.74) is 0.00156. The molecule has 2 rings (SSSR count). The Balaban J connectivity index is 2.18. The first-order valence-corrected chi connectivity index (χ1v) is 7.70. The average molecular weight is 380 g/mol. The van der Waals surface area contributed by atoms with Crippen LogP contribution in [0.15, 0.2) is 46.9 Å². The fraction of sp³-hybridized carbons (Fsp3) is 0.188. The van der Waals surface area contributed by atoms with E-state index in [9.17, 15) is 14.9 Å². The number of carbonyl (C=O) groups is 1. The van der Waals surface area contributed by atoms with Crippen LogP contribution in [0.3, 0.4) is 0 Å². The molecule has 0 spiro atoms. The summed E-state index contributed by atoms with van der Waals surface area (Å²) in [4.78, 5) is 22.5. The van der Waals surface area contributed by atoms with Gasteiger partial charge >= 0.3 is 11.7 Å². The molecule has 0 aromatic heterocycles. The van der Waals surface area contributed by atoms with Crippen molar-refractivity contribution in [1.82, 2.24) is 0 Å². The molecule has 0 amide bonds. The molecule has 0 fully saturated rings. The van der Waals surface area contributed by atoms with Crippen LogP contribution >= 0.6 is 15.9 Å². The Bertz CT molecular complexity index is 732. The third-order valence-corrected chi connectivity index (χ3v) is 3.51. The van der Waals surface area contributed by atoms with E-state index in [1.165, 1.54) is 18.2 Å². The molecule has 0 heterocycles. The van der Waals surface area contributed by atoms with Crippen LogP contribution in [-0.4, -0.2) is 17.5 Å². The molecule has 0 N–H and O–H groups in total. The van der Waals surface area contributed by atoms with Crippen LogP contribution in [0.2, 0.25) is 0 Å². The molecule has 2 aromatic rings. The molecular formula is C16H14BrNO5. The second-order valence-corrected chi connectivity index (χ2v) is 5.46. The lowest BCUT2D eigenvalue weighted by molar-refractivity contribution is -0.385. The number of benzene rings is 2. The lowest BCUT2D eigenvalue weighted by Gasteiger charge is -2.09. The number of nitro groups is 1. The van der Waals surface area contributed by atoms with Crippen LogP contribution < -0.4 is 9.47 Å². The number of nitro benzene ring substituents is 1. The van der Waals surface area contributed by atoms with Crippen LogP contribution in [0, 0.1) is 10.1 Å². The molecule has 0 radical (unpaired) electrons. The lowest BCUT2D eigenvalue weighted by atomic mass is 10.2. The lowest BCUT2D eigenvalue weighted by Crippen LogP contribution is -2.10. The second kappa shape index (κ2) is 7.73. The maximum Gasteiger partial charge on any atom is 0.343 e. The van der Waals surface area contributed by atoms with Crippen molar-refractivity contribution in [2.75, 3.05) is 6.61 Å². The molecule has 2 aromatic carbocycles. The Morgan fingerprint density at radius 1 is 1.22 bits per heavy atom. The number of nitrogens with zero attached hydrogens (tertiary/aromatic N) is 1. The van der Waals surface area contributed by atoms with Crippen molar-refractivity contribution in [1.29, 1.82) is 0 Å². The normalized spacial score (nSPS) is 10.2. The molecule has 0 aliphatic rings. The van der Waals surface area contributed by atoms with Gasteiger partial charge in [0, 0.05) is 6.07 Å². The van der Waals surface area contributed by atoms with E-state index >= 15 is 0 Å².